The van der Waals surface area contributed by atoms with E-state index in [2.05, 4.69) is 25.6 Å². The van der Waals surface area contributed by atoms with E-state index in [0.29, 0.717) is 28.3 Å². The van der Waals surface area contributed by atoms with Crippen LogP contribution in [0.25, 0.3) is 5.69 Å². The van der Waals surface area contributed by atoms with Crippen molar-refractivity contribution < 1.29 is 5.11 Å². The van der Waals surface area contributed by atoms with Crippen molar-refractivity contribution in [2.75, 3.05) is 0 Å². The molecule has 0 aliphatic heterocycles. The monoisotopic (exact) mass is 446 g/mol. The van der Waals surface area contributed by atoms with Gasteiger partial charge in [0.15, 0.2) is 5.69 Å². The Balaban J connectivity index is 1.59. The Hall–Kier alpha value is -4.87. The Bertz CT molecular complexity index is 1560. The molecule has 0 saturated heterocycles. The molecule has 0 unspecified atom stereocenters. The molecule has 12 nitrogen and oxygen atoms in total. The SMILES string of the molecule is Cc1cc(N=Nc2c(C)[nH]n(-c3ccccc3)c2=O)ccc1N=Nc1c(O)[nH]c(=O)[nH]c1=O. The van der Waals surface area contributed by atoms with Crippen LogP contribution in [0, 0.1) is 13.8 Å². The zero-order valence-electron chi connectivity index (χ0n) is 17.5. The highest BCUT2D eigenvalue weighted by Gasteiger charge is 2.12. The molecule has 0 atom stereocenters. The van der Waals surface area contributed by atoms with E-state index in [1.165, 1.54) is 4.68 Å². The molecular weight excluding hydrogens is 428 g/mol. The van der Waals surface area contributed by atoms with Gasteiger partial charge in [-0.25, -0.2) is 9.48 Å². The van der Waals surface area contributed by atoms with Crippen molar-refractivity contribution in [3.8, 4) is 11.6 Å². The number of para-hydroxylation sites is 1. The molecule has 2 heterocycles. The third kappa shape index (κ3) is 4.44. The highest BCUT2D eigenvalue weighted by molar-refractivity contribution is 5.54. The molecule has 0 saturated carbocycles. The third-order valence-electron chi connectivity index (χ3n) is 4.66. The first-order chi connectivity index (χ1) is 15.8. The molecule has 0 aliphatic carbocycles. The molecule has 0 spiro atoms. The number of aromatic amines is 3. The summed E-state index contributed by atoms with van der Waals surface area (Å²) < 4.78 is 1.40. The van der Waals surface area contributed by atoms with Gasteiger partial charge >= 0.3 is 5.69 Å². The summed E-state index contributed by atoms with van der Waals surface area (Å²) >= 11 is 0. The number of aryl methyl sites for hydroxylation is 2. The maximum atomic E-state index is 12.7. The number of nitrogens with zero attached hydrogens (tertiary/aromatic N) is 5. The molecule has 0 fully saturated rings. The summed E-state index contributed by atoms with van der Waals surface area (Å²) in [6.07, 6.45) is 0. The predicted molar refractivity (Wildman–Crippen MR) is 120 cm³/mol. The van der Waals surface area contributed by atoms with Crippen LogP contribution in [0.15, 0.2) is 83.4 Å². The van der Waals surface area contributed by atoms with Crippen LogP contribution in [0.4, 0.5) is 22.7 Å². The van der Waals surface area contributed by atoms with Gasteiger partial charge < -0.3 is 5.11 Å². The average Bonchev–Trinajstić information content (AvgIpc) is 3.06. The largest absolute Gasteiger partial charge is 0.493 e. The Kier molecular flexibility index (Phi) is 5.64. The average molecular weight is 446 g/mol. The minimum absolute atomic E-state index is 0.188. The normalized spacial score (nSPS) is 11.6. The summed E-state index contributed by atoms with van der Waals surface area (Å²) in [6, 6.07) is 14.0. The molecule has 4 aromatic rings. The van der Waals surface area contributed by atoms with Gasteiger partial charge in [0.25, 0.3) is 11.1 Å². The molecular formula is C21H18N8O4. The van der Waals surface area contributed by atoms with E-state index < -0.39 is 22.8 Å². The van der Waals surface area contributed by atoms with Gasteiger partial charge in [0.05, 0.1) is 22.8 Å². The smallest absolute Gasteiger partial charge is 0.328 e. The number of nitrogens with one attached hydrogen (secondary N) is 3. The molecule has 33 heavy (non-hydrogen) atoms. The first-order valence-corrected chi connectivity index (χ1v) is 9.70. The fourth-order valence-corrected chi connectivity index (χ4v) is 3.00. The van der Waals surface area contributed by atoms with Crippen molar-refractivity contribution in [2.45, 2.75) is 13.8 Å². The molecule has 12 heteroatoms. The van der Waals surface area contributed by atoms with E-state index in [1.807, 2.05) is 28.2 Å². The minimum atomic E-state index is -0.869. The van der Waals surface area contributed by atoms with Crippen molar-refractivity contribution >= 4 is 22.7 Å². The predicted octanol–water partition coefficient (Wildman–Crippen LogP) is 3.70. The molecule has 0 radical (unpaired) electrons. The van der Waals surface area contributed by atoms with Crippen molar-refractivity contribution in [2.24, 2.45) is 20.5 Å². The standard InChI is InChI=1S/C21H18N8O4/c1-11-10-13(8-9-15(11)25-27-17-18(30)22-21(33)23-19(17)31)24-26-16-12(2)28-29(20(16)32)14-6-4-3-5-7-14/h3-10,28H,1-2H3,(H3,22,23,30,31,33). The second kappa shape index (κ2) is 8.70. The van der Waals surface area contributed by atoms with Crippen LogP contribution in [0.5, 0.6) is 5.88 Å². The number of hydrogen-bond acceptors (Lipinski definition) is 8. The lowest BCUT2D eigenvalue weighted by Gasteiger charge is -2.00. The summed E-state index contributed by atoms with van der Waals surface area (Å²) in [6.45, 7) is 3.48. The van der Waals surface area contributed by atoms with Crippen molar-refractivity contribution in [3.63, 3.8) is 0 Å². The van der Waals surface area contributed by atoms with Crippen LogP contribution in [0.1, 0.15) is 11.3 Å². The van der Waals surface area contributed by atoms with Gasteiger partial charge in [-0.2, -0.15) is 5.11 Å². The summed E-state index contributed by atoms with van der Waals surface area (Å²) in [5, 5.41) is 28.6. The summed E-state index contributed by atoms with van der Waals surface area (Å²) in [4.78, 5) is 39.6. The van der Waals surface area contributed by atoms with E-state index in [-0.39, 0.29) is 11.2 Å². The van der Waals surface area contributed by atoms with Gasteiger partial charge in [-0.1, -0.05) is 18.2 Å². The summed E-state index contributed by atoms with van der Waals surface area (Å²) in [5.41, 5.74) is 0.514. The Morgan fingerprint density at radius 3 is 2.27 bits per heavy atom. The minimum Gasteiger partial charge on any atom is -0.493 e. The van der Waals surface area contributed by atoms with Crippen LogP contribution < -0.4 is 16.8 Å². The van der Waals surface area contributed by atoms with E-state index in [0.717, 1.165) is 0 Å². The molecule has 4 N–H and O–H groups in total. The van der Waals surface area contributed by atoms with E-state index in [9.17, 15) is 19.5 Å². The zero-order chi connectivity index (χ0) is 23.5. The first kappa shape index (κ1) is 21.4. The van der Waals surface area contributed by atoms with Gasteiger partial charge in [0, 0.05) is 0 Å². The van der Waals surface area contributed by atoms with Crippen LogP contribution >= 0.6 is 0 Å². The van der Waals surface area contributed by atoms with Crippen molar-refractivity contribution in [1.82, 2.24) is 19.7 Å². The summed E-state index contributed by atoms with van der Waals surface area (Å²) in [7, 11) is 0. The topological polar surface area (TPSA) is 173 Å². The maximum Gasteiger partial charge on any atom is 0.328 e. The highest BCUT2D eigenvalue weighted by atomic mass is 16.3. The molecule has 4 rings (SSSR count). The maximum absolute atomic E-state index is 12.7. The molecule has 2 aromatic carbocycles. The second-order valence-electron chi connectivity index (χ2n) is 7.04. The van der Waals surface area contributed by atoms with Gasteiger partial charge in [-0.05, 0) is 49.7 Å². The Labute approximate surface area is 185 Å². The van der Waals surface area contributed by atoms with Gasteiger partial charge in [0.1, 0.15) is 0 Å². The highest BCUT2D eigenvalue weighted by Crippen LogP contribution is 2.28. The Morgan fingerprint density at radius 2 is 1.58 bits per heavy atom. The first-order valence-electron chi connectivity index (χ1n) is 9.70. The van der Waals surface area contributed by atoms with Crippen molar-refractivity contribution in [1.29, 1.82) is 0 Å². The summed E-state index contributed by atoms with van der Waals surface area (Å²) in [5.74, 6) is -0.682. The number of hydrogen-bond donors (Lipinski definition) is 4. The van der Waals surface area contributed by atoms with E-state index in [4.69, 9.17) is 0 Å². The van der Waals surface area contributed by atoms with Gasteiger partial charge in [0.2, 0.25) is 11.6 Å². The molecule has 2 aromatic heterocycles. The van der Waals surface area contributed by atoms with Gasteiger partial charge in [-0.15, -0.1) is 15.3 Å². The molecule has 0 bridgehead atoms. The van der Waals surface area contributed by atoms with E-state index in [1.54, 1.807) is 44.2 Å². The number of azo groups is 2. The quantitative estimate of drug-likeness (QED) is 0.342. The number of benzene rings is 2. The number of H-pyrrole nitrogens is 3. The lowest BCUT2D eigenvalue weighted by atomic mass is 10.2. The van der Waals surface area contributed by atoms with Crippen LogP contribution in [-0.4, -0.2) is 24.9 Å². The van der Waals surface area contributed by atoms with Crippen LogP contribution in [-0.2, 0) is 0 Å². The second-order valence-corrected chi connectivity index (χ2v) is 7.04. The van der Waals surface area contributed by atoms with Crippen LogP contribution in [0.2, 0.25) is 0 Å². The third-order valence-corrected chi connectivity index (χ3v) is 4.66. The van der Waals surface area contributed by atoms with E-state index >= 15 is 0 Å². The molecule has 166 valence electrons. The van der Waals surface area contributed by atoms with Gasteiger partial charge in [-0.3, -0.25) is 24.7 Å². The number of aromatic nitrogens is 4. The van der Waals surface area contributed by atoms with Crippen molar-refractivity contribution in [3.05, 3.63) is 91.0 Å². The Morgan fingerprint density at radius 1 is 0.848 bits per heavy atom. The lowest BCUT2D eigenvalue weighted by Crippen LogP contribution is -2.20. The number of rotatable bonds is 5. The lowest BCUT2D eigenvalue weighted by molar-refractivity contribution is 0.450. The molecule has 0 amide bonds. The molecule has 0 aliphatic rings. The van der Waals surface area contributed by atoms with Crippen LogP contribution in [0.3, 0.4) is 0 Å². The fourth-order valence-electron chi connectivity index (χ4n) is 3.00. The fraction of sp³-hybridized carbons (Fsp3) is 0.0952. The number of aromatic hydroxyl groups is 1. The zero-order valence-corrected chi connectivity index (χ0v) is 17.5.